The van der Waals surface area contributed by atoms with E-state index >= 15 is 9.59 Å². The van der Waals surface area contributed by atoms with Gasteiger partial charge in [-0.2, -0.15) is 0 Å². The molecule has 5 aliphatic carbocycles. The van der Waals surface area contributed by atoms with Crippen LogP contribution in [0.2, 0.25) is 0 Å². The molecule has 1 spiro atoms. The number of nitrogens with zero attached hydrogens (tertiary/aromatic N) is 3. The molecular weight excluding hydrogens is 1180 g/mol. The van der Waals surface area contributed by atoms with E-state index < -0.39 is 111 Å². The number of carbonyl (C=O) groups is 8. The number of esters is 4. The third-order valence-electron chi connectivity index (χ3n) is 23.8. The Morgan fingerprint density at radius 3 is 2.32 bits per heavy atom. The van der Waals surface area contributed by atoms with E-state index in [9.17, 15) is 54.3 Å². The molecule has 5 fully saturated rings. The van der Waals surface area contributed by atoms with Crippen molar-refractivity contribution in [2.75, 3.05) is 66.1 Å². The van der Waals surface area contributed by atoms with Gasteiger partial charge in [-0.25, -0.2) is 14.4 Å². The van der Waals surface area contributed by atoms with Gasteiger partial charge in [-0.05, 0) is 111 Å². The van der Waals surface area contributed by atoms with E-state index in [1.807, 2.05) is 69.3 Å². The largest absolute Gasteiger partial charge is 0.496 e. The van der Waals surface area contributed by atoms with Gasteiger partial charge in [0.05, 0.1) is 27.4 Å². The van der Waals surface area contributed by atoms with Gasteiger partial charge >= 0.3 is 29.8 Å². The number of aliphatic hydroxyl groups excluding tert-OH is 3. The standard InChI is InChI=1S/C49H58N4O13.C21H26O5/c1-8-27-19-28-22-48(44(60)63-6,38-30(25-52(23-27)24-28)29-13-10-11-14-33(29)50-38)32-20-31-34(21-35(32)62-5)51(4)42-47(31)16-18-53-17-12-15-46(9-2,41(47)53)43(65-26(3)54)49(42,45(61)64-7)66-40(59)37(56)36(55)39(57)58;1-19-7-5-13(23)9-12(19)3-4-14-15-6-8-21(26,17(25)11-22)20(15,2)10-16(24)18(14)19/h10-15,19-21,28,36-37,41-43,50,55-56H,8-9,16-18,22-25H2,1-7H3,(H,57,58);5,7,9,14-15,18,22,26H,3-4,6,8,10-11H2,1-2H3/t28-,36?,37?,41-,42+,43+,46+,47+,48-,49-;14-,15-,18+,19-,20-,21-/m00/s1. The van der Waals surface area contributed by atoms with E-state index in [1.165, 1.54) is 26.7 Å². The van der Waals surface area contributed by atoms with Crippen molar-refractivity contribution in [1.29, 1.82) is 0 Å². The van der Waals surface area contributed by atoms with Crippen molar-refractivity contribution >= 4 is 63.8 Å². The number of aliphatic hydroxyl groups is 4. The number of nitrogens with one attached hydrogen (secondary N) is 1. The van der Waals surface area contributed by atoms with Crippen molar-refractivity contribution in [3.63, 3.8) is 0 Å². The summed E-state index contributed by atoms with van der Waals surface area (Å²) >= 11 is 0. The number of para-hydroxylation sites is 1. The maximum atomic E-state index is 15.4. The van der Waals surface area contributed by atoms with Crippen molar-refractivity contribution in [1.82, 2.24) is 14.8 Å². The highest BCUT2D eigenvalue weighted by Gasteiger charge is 2.83. The number of aromatic amines is 1. The van der Waals surface area contributed by atoms with E-state index in [1.54, 1.807) is 24.1 Å². The van der Waals surface area contributed by atoms with Crippen molar-refractivity contribution in [3.8, 4) is 5.75 Å². The number of anilines is 1. The monoisotopic (exact) mass is 1270 g/mol. The third-order valence-corrected chi connectivity index (χ3v) is 23.8. The molecule has 1 aromatic heterocycles. The number of methoxy groups -OCH3 is 3. The molecule has 22 nitrogen and oxygen atoms in total. The van der Waals surface area contributed by atoms with Gasteiger partial charge in [-0.3, -0.25) is 33.8 Å². The maximum Gasteiger partial charge on any atom is 0.356 e. The number of hydrogen-bond acceptors (Lipinski definition) is 20. The number of aliphatic carboxylic acids is 1. The zero-order valence-electron chi connectivity index (χ0n) is 53.6. The second-order valence-corrected chi connectivity index (χ2v) is 27.8. The van der Waals surface area contributed by atoms with Crippen molar-refractivity contribution < 1.29 is 87.6 Å². The summed E-state index contributed by atoms with van der Waals surface area (Å²) in [6.45, 7) is 11.4. The Morgan fingerprint density at radius 2 is 1.64 bits per heavy atom. The van der Waals surface area contributed by atoms with Crippen LogP contribution in [0.15, 0.2) is 84.0 Å². The number of carbonyl (C=O) groups excluding carboxylic acids is 7. The van der Waals surface area contributed by atoms with Crippen LogP contribution in [-0.4, -0.2) is 190 Å². The van der Waals surface area contributed by atoms with E-state index in [4.69, 9.17) is 23.7 Å². The first-order valence-electron chi connectivity index (χ1n) is 32.1. The summed E-state index contributed by atoms with van der Waals surface area (Å²) in [7, 11) is 5.73. The zero-order chi connectivity index (χ0) is 66.2. The van der Waals surface area contributed by atoms with E-state index in [0.29, 0.717) is 80.1 Å². The number of ketones is 3. The Labute approximate surface area is 533 Å². The molecule has 2 bridgehead atoms. The number of carboxylic acid groups (broad SMARTS) is 1. The number of aromatic nitrogens is 1. The summed E-state index contributed by atoms with van der Waals surface area (Å²) in [4.78, 5) is 118. The molecule has 0 radical (unpaired) electrons. The summed E-state index contributed by atoms with van der Waals surface area (Å²) in [5, 5.41) is 52.6. The van der Waals surface area contributed by atoms with Crippen LogP contribution in [0.4, 0.5) is 5.69 Å². The minimum atomic E-state index is -2.65. The smallest absolute Gasteiger partial charge is 0.356 e. The summed E-state index contributed by atoms with van der Waals surface area (Å²) < 4.78 is 30.4. The van der Waals surface area contributed by atoms with Gasteiger partial charge in [0.25, 0.3) is 5.60 Å². The van der Waals surface area contributed by atoms with Crippen LogP contribution in [-0.2, 0) is 74.7 Å². The summed E-state index contributed by atoms with van der Waals surface area (Å²) in [6.07, 6.45) is 8.80. The van der Waals surface area contributed by atoms with Crippen LogP contribution in [0.25, 0.3) is 10.9 Å². The Morgan fingerprint density at radius 1 is 0.902 bits per heavy atom. The minimum absolute atomic E-state index is 0.0206. The zero-order valence-corrected chi connectivity index (χ0v) is 53.6. The number of carboxylic acids is 1. The lowest BCUT2D eigenvalue weighted by molar-refractivity contribution is -0.244. The first-order chi connectivity index (χ1) is 43.7. The van der Waals surface area contributed by atoms with Gasteiger partial charge in [-0.1, -0.05) is 81.3 Å². The van der Waals surface area contributed by atoms with Crippen LogP contribution in [0, 0.1) is 39.9 Å². The number of H-pyrrole nitrogens is 1. The molecule has 4 saturated carbocycles. The fourth-order valence-electron chi connectivity index (χ4n) is 20.1. The normalized spacial score (nSPS) is 36.7. The molecule has 2 aromatic carbocycles. The molecule has 92 heavy (non-hydrogen) atoms. The number of likely N-dealkylation sites (N-methyl/N-ethyl adjacent to an activating group) is 1. The number of fused-ring (bicyclic) bond motifs is 11. The van der Waals surface area contributed by atoms with Crippen LogP contribution in [0.5, 0.6) is 5.75 Å². The third kappa shape index (κ3) is 8.91. The van der Waals surface area contributed by atoms with Gasteiger partial charge in [0, 0.05) is 114 Å². The van der Waals surface area contributed by atoms with Crippen molar-refractivity contribution in [3.05, 3.63) is 106 Å². The summed E-state index contributed by atoms with van der Waals surface area (Å²) in [6, 6.07) is 10.0. The van der Waals surface area contributed by atoms with Gasteiger partial charge in [0.1, 0.15) is 29.2 Å². The topological polar surface area (TPSA) is 309 Å². The van der Waals surface area contributed by atoms with Gasteiger partial charge in [0.2, 0.25) is 0 Å². The van der Waals surface area contributed by atoms with Crippen LogP contribution >= 0.6 is 0 Å². The molecule has 492 valence electrons. The number of benzene rings is 2. The van der Waals surface area contributed by atoms with Crippen LogP contribution in [0.3, 0.4) is 0 Å². The van der Waals surface area contributed by atoms with E-state index in [-0.39, 0.29) is 48.1 Å². The Balaban J connectivity index is 0.000000260. The van der Waals surface area contributed by atoms with Crippen LogP contribution < -0.4 is 9.64 Å². The second kappa shape index (κ2) is 23.0. The Kier molecular flexibility index (Phi) is 16.2. The Hall–Kier alpha value is -7.34. The van der Waals surface area contributed by atoms with E-state index in [2.05, 4.69) is 33.8 Å². The highest BCUT2D eigenvalue weighted by Crippen LogP contribution is 2.70. The van der Waals surface area contributed by atoms with Crippen molar-refractivity contribution in [2.45, 2.75) is 151 Å². The van der Waals surface area contributed by atoms with Crippen LogP contribution in [0.1, 0.15) is 115 Å². The minimum Gasteiger partial charge on any atom is -0.496 e. The molecule has 22 heteroatoms. The first kappa shape index (κ1) is 64.8. The molecule has 5 aliphatic heterocycles. The molecule has 3 aromatic rings. The molecule has 17 atom stereocenters. The molecule has 6 N–H and O–H groups in total. The van der Waals surface area contributed by atoms with E-state index in [0.717, 1.165) is 55.0 Å². The van der Waals surface area contributed by atoms with Crippen molar-refractivity contribution in [2.24, 2.45) is 39.9 Å². The lowest BCUT2D eigenvalue weighted by atomic mass is 9.46. The molecule has 6 heterocycles. The second-order valence-electron chi connectivity index (χ2n) is 27.8. The fraction of sp³-hybridized carbons (Fsp3) is 0.571. The van der Waals surface area contributed by atoms with Gasteiger partial charge in [-0.15, -0.1) is 0 Å². The number of allylic oxidation sites excluding steroid dienone is 4. The Bertz CT molecular complexity index is 3760. The fourth-order valence-corrected chi connectivity index (χ4v) is 20.1. The highest BCUT2D eigenvalue weighted by atomic mass is 16.6. The molecular formula is C70H84N4O18. The lowest BCUT2D eigenvalue weighted by Gasteiger charge is -2.64. The molecule has 10 aliphatic rings. The highest BCUT2D eigenvalue weighted by molar-refractivity contribution is 6.02. The number of hydrogen-bond donors (Lipinski definition) is 6. The molecule has 1 saturated heterocycles. The predicted molar refractivity (Wildman–Crippen MR) is 332 cm³/mol. The van der Waals surface area contributed by atoms with Gasteiger partial charge < -0.3 is 59.1 Å². The predicted octanol–water partition coefficient (Wildman–Crippen LogP) is 4.88. The SMILES string of the molecule is CCC1=C[C@@H]2C[N@](C1)Cc1c([nH]c3ccccc13)[C@@](C(=O)OC)(c1cc3c(cc1OC)N(C)[C@H]1[C@@](OC(=O)C(O)C(O)C(=O)O)(C(=O)OC)[C@H](OC(C)=O)[C@]4(CC)C=CCN5CC[C@]31[C@@H]54)C2.C[C@]12C=CC(=O)C=C1CC[C@@H]1[C@@H]2C(=O)C[C@@]2(C)[C@H]1CC[C@]2(O)C(=O)CO. The average molecular weight is 1270 g/mol. The summed E-state index contributed by atoms with van der Waals surface area (Å²) in [5.41, 5.74) is -2.93. The quantitative estimate of drug-likeness (QED) is 0.0755. The number of ether oxygens (including phenoxy) is 5. The maximum absolute atomic E-state index is 15.4. The molecule has 0 amide bonds. The number of rotatable bonds is 13. The number of Topliss-reactive ketones (excluding diaryl/α,β-unsaturated/α-hetero) is 2. The summed E-state index contributed by atoms with van der Waals surface area (Å²) in [5.74, 6) is -6.32. The first-order valence-corrected chi connectivity index (χ1v) is 32.1. The average Bonchev–Trinajstić information content (AvgIpc) is 1.44. The lowest BCUT2D eigenvalue weighted by Crippen LogP contribution is -2.82. The molecule has 2 unspecified atom stereocenters. The molecule has 13 rings (SSSR count). The van der Waals surface area contributed by atoms with Gasteiger partial charge in [0.15, 0.2) is 29.9 Å².